The Morgan fingerprint density at radius 2 is 2.00 bits per heavy atom. The molecule has 2 aromatic heterocycles. The highest BCUT2D eigenvalue weighted by molar-refractivity contribution is 7.09. The molecule has 1 aromatic carbocycles. The van der Waals surface area contributed by atoms with Crippen molar-refractivity contribution in [1.29, 1.82) is 0 Å². The number of nitrogens with zero attached hydrogens (tertiary/aromatic N) is 2. The Labute approximate surface area is 108 Å². The fraction of sp³-hybridized carbons (Fsp3) is 0.0769. The van der Waals surface area contributed by atoms with Gasteiger partial charge < -0.3 is 9.73 Å². The fourth-order valence-corrected chi connectivity index (χ4v) is 2.16. The van der Waals surface area contributed by atoms with Gasteiger partial charge in [0, 0.05) is 22.3 Å². The van der Waals surface area contributed by atoms with Gasteiger partial charge in [-0.05, 0) is 24.3 Å². The van der Waals surface area contributed by atoms with Crippen molar-refractivity contribution >= 4 is 17.0 Å². The van der Waals surface area contributed by atoms with E-state index >= 15 is 0 Å². The van der Waals surface area contributed by atoms with E-state index in [9.17, 15) is 0 Å². The predicted octanol–water partition coefficient (Wildman–Crippen LogP) is 3.41. The summed E-state index contributed by atoms with van der Waals surface area (Å²) in [6.45, 7) is 0.798. The normalized spacial score (nSPS) is 10.4. The Bertz CT molecular complexity index is 588. The van der Waals surface area contributed by atoms with E-state index in [1.807, 2.05) is 36.0 Å². The van der Waals surface area contributed by atoms with Crippen LogP contribution < -0.4 is 5.32 Å². The molecule has 90 valence electrons. The lowest BCUT2D eigenvalue weighted by Crippen LogP contribution is -1.96. The van der Waals surface area contributed by atoms with Crippen LogP contribution in [0, 0.1) is 0 Å². The average molecular weight is 257 g/mol. The van der Waals surface area contributed by atoms with Gasteiger partial charge in [-0.25, -0.2) is 4.98 Å². The topological polar surface area (TPSA) is 51.0 Å². The van der Waals surface area contributed by atoms with Crippen LogP contribution in [0.1, 0.15) is 4.88 Å². The summed E-state index contributed by atoms with van der Waals surface area (Å²) in [7, 11) is 0. The van der Waals surface area contributed by atoms with E-state index in [0.717, 1.165) is 23.6 Å². The van der Waals surface area contributed by atoms with Gasteiger partial charge in [-0.15, -0.1) is 11.3 Å². The molecule has 0 radical (unpaired) electrons. The van der Waals surface area contributed by atoms with Gasteiger partial charge in [-0.2, -0.15) is 0 Å². The molecular weight excluding hydrogens is 246 g/mol. The van der Waals surface area contributed by atoms with E-state index in [1.54, 1.807) is 17.5 Å². The molecule has 0 saturated heterocycles. The Morgan fingerprint density at radius 3 is 2.67 bits per heavy atom. The summed E-state index contributed by atoms with van der Waals surface area (Å²) in [4.78, 5) is 9.16. The lowest BCUT2D eigenvalue weighted by Gasteiger charge is -2.04. The lowest BCUT2D eigenvalue weighted by molar-refractivity contribution is 0.572. The largest absolute Gasteiger partial charge is 0.444 e. The lowest BCUT2D eigenvalue weighted by atomic mass is 10.2. The van der Waals surface area contributed by atoms with Crippen molar-refractivity contribution in [3.63, 3.8) is 0 Å². The molecule has 2 heterocycles. The zero-order valence-electron chi connectivity index (χ0n) is 9.54. The Balaban J connectivity index is 1.68. The molecule has 0 aliphatic rings. The van der Waals surface area contributed by atoms with Crippen LogP contribution in [0.2, 0.25) is 0 Å². The highest BCUT2D eigenvalue weighted by atomic mass is 32.1. The predicted molar refractivity (Wildman–Crippen MR) is 71.4 cm³/mol. The van der Waals surface area contributed by atoms with Gasteiger partial charge in [0.05, 0.1) is 18.3 Å². The van der Waals surface area contributed by atoms with Crippen molar-refractivity contribution in [1.82, 2.24) is 9.97 Å². The van der Waals surface area contributed by atoms with Crippen LogP contribution in [0.4, 0.5) is 5.69 Å². The first kappa shape index (κ1) is 11.0. The van der Waals surface area contributed by atoms with E-state index in [4.69, 9.17) is 4.42 Å². The van der Waals surface area contributed by atoms with Crippen LogP contribution in [-0.2, 0) is 6.54 Å². The minimum atomic E-state index is 0.781. The highest BCUT2D eigenvalue weighted by Gasteiger charge is 2.01. The molecule has 0 spiro atoms. The number of rotatable bonds is 4. The van der Waals surface area contributed by atoms with Gasteiger partial charge in [-0.3, -0.25) is 4.98 Å². The summed E-state index contributed by atoms with van der Waals surface area (Å²) in [5.41, 5.74) is 3.94. The third-order valence-corrected chi connectivity index (χ3v) is 3.33. The van der Waals surface area contributed by atoms with Gasteiger partial charge in [0.15, 0.2) is 12.2 Å². The Kier molecular flexibility index (Phi) is 3.06. The minimum absolute atomic E-state index is 0.781. The van der Waals surface area contributed by atoms with Crippen molar-refractivity contribution in [3.8, 4) is 11.3 Å². The standard InChI is InChI=1S/C13H11N3OS/c1-3-11(16-6-12-5-15-9-18-12)4-2-10(1)13-7-14-8-17-13/h1-5,7-9,16H,6H2. The Morgan fingerprint density at radius 1 is 1.11 bits per heavy atom. The summed E-state index contributed by atoms with van der Waals surface area (Å²) in [6, 6.07) is 8.07. The van der Waals surface area contributed by atoms with Gasteiger partial charge in [0.1, 0.15) is 0 Å². The number of hydrogen-bond donors (Lipinski definition) is 1. The van der Waals surface area contributed by atoms with E-state index < -0.39 is 0 Å². The number of aromatic nitrogens is 2. The van der Waals surface area contributed by atoms with Crippen molar-refractivity contribution in [2.75, 3.05) is 5.32 Å². The second-order valence-corrected chi connectivity index (χ2v) is 4.74. The smallest absolute Gasteiger partial charge is 0.181 e. The van der Waals surface area contributed by atoms with E-state index in [-0.39, 0.29) is 0 Å². The third-order valence-electron chi connectivity index (χ3n) is 2.55. The SMILES string of the molecule is c1ncc(-c2ccc(NCc3cncs3)cc2)o1. The molecule has 5 heteroatoms. The zero-order chi connectivity index (χ0) is 12.2. The van der Waals surface area contributed by atoms with E-state index in [0.29, 0.717) is 0 Å². The van der Waals surface area contributed by atoms with Crippen LogP contribution in [-0.4, -0.2) is 9.97 Å². The third kappa shape index (κ3) is 2.41. The van der Waals surface area contributed by atoms with Crippen LogP contribution in [0.25, 0.3) is 11.3 Å². The van der Waals surface area contributed by atoms with E-state index in [1.165, 1.54) is 11.3 Å². The molecule has 18 heavy (non-hydrogen) atoms. The van der Waals surface area contributed by atoms with Crippen molar-refractivity contribution < 1.29 is 4.42 Å². The van der Waals surface area contributed by atoms with Gasteiger partial charge >= 0.3 is 0 Å². The first-order chi connectivity index (χ1) is 8.92. The Hall–Kier alpha value is -2.14. The van der Waals surface area contributed by atoms with Crippen LogP contribution in [0.15, 0.2) is 53.0 Å². The molecule has 0 bridgehead atoms. The average Bonchev–Trinajstić information content (AvgIpc) is 3.10. The molecule has 0 aliphatic carbocycles. The summed E-state index contributed by atoms with van der Waals surface area (Å²) < 4.78 is 5.24. The quantitative estimate of drug-likeness (QED) is 0.778. The molecule has 3 rings (SSSR count). The van der Waals surface area contributed by atoms with Gasteiger partial charge in [0.25, 0.3) is 0 Å². The van der Waals surface area contributed by atoms with Crippen molar-refractivity contribution in [2.24, 2.45) is 0 Å². The van der Waals surface area contributed by atoms with E-state index in [2.05, 4.69) is 15.3 Å². The molecule has 0 unspecified atom stereocenters. The van der Waals surface area contributed by atoms with Crippen LogP contribution >= 0.6 is 11.3 Å². The summed E-state index contributed by atoms with van der Waals surface area (Å²) in [5.74, 6) is 0.781. The molecule has 3 aromatic rings. The number of oxazole rings is 1. The second-order valence-electron chi connectivity index (χ2n) is 3.76. The monoisotopic (exact) mass is 257 g/mol. The van der Waals surface area contributed by atoms with Crippen molar-refractivity contribution in [2.45, 2.75) is 6.54 Å². The maximum Gasteiger partial charge on any atom is 0.181 e. The zero-order valence-corrected chi connectivity index (χ0v) is 10.4. The first-order valence-electron chi connectivity index (χ1n) is 5.52. The van der Waals surface area contributed by atoms with Gasteiger partial charge in [0.2, 0.25) is 0 Å². The first-order valence-corrected chi connectivity index (χ1v) is 6.40. The maximum absolute atomic E-state index is 5.24. The minimum Gasteiger partial charge on any atom is -0.444 e. The van der Waals surface area contributed by atoms with Crippen molar-refractivity contribution in [3.05, 3.63) is 53.4 Å². The molecule has 0 saturated carbocycles. The summed E-state index contributed by atoms with van der Waals surface area (Å²) in [5, 5.41) is 3.34. The number of benzene rings is 1. The summed E-state index contributed by atoms with van der Waals surface area (Å²) >= 11 is 1.65. The highest BCUT2D eigenvalue weighted by Crippen LogP contribution is 2.21. The van der Waals surface area contributed by atoms with Crippen LogP contribution in [0.3, 0.4) is 0 Å². The molecule has 0 aliphatic heterocycles. The maximum atomic E-state index is 5.24. The number of anilines is 1. The molecule has 0 atom stereocenters. The molecule has 1 N–H and O–H groups in total. The summed E-state index contributed by atoms with van der Waals surface area (Å²) in [6.07, 6.45) is 5.02. The number of hydrogen-bond acceptors (Lipinski definition) is 5. The molecule has 0 fully saturated rings. The van der Waals surface area contributed by atoms with Gasteiger partial charge in [-0.1, -0.05) is 0 Å². The molecule has 0 amide bonds. The fourth-order valence-electron chi connectivity index (χ4n) is 1.63. The van der Waals surface area contributed by atoms with Crippen LogP contribution in [0.5, 0.6) is 0 Å². The number of nitrogens with one attached hydrogen (secondary N) is 1. The molecular formula is C13H11N3OS. The second kappa shape index (κ2) is 5.01. The number of thiazole rings is 1. The molecule has 4 nitrogen and oxygen atoms in total.